The molecule has 1 aromatic carbocycles. The predicted molar refractivity (Wildman–Crippen MR) is 62.6 cm³/mol. The Bertz CT molecular complexity index is 346. The minimum absolute atomic E-state index is 0.253. The molecule has 0 aliphatic carbocycles. The Morgan fingerprint density at radius 1 is 1.40 bits per heavy atom. The van der Waals surface area contributed by atoms with Gasteiger partial charge in [-0.05, 0) is 31.2 Å². The maximum Gasteiger partial charge on any atom is 0.330 e. The van der Waals surface area contributed by atoms with Gasteiger partial charge in [0.15, 0.2) is 0 Å². The zero-order valence-electron chi connectivity index (χ0n) is 8.62. The fraction of sp³-hybridized carbons (Fsp3) is 0.273. The molecule has 0 spiro atoms. The molecule has 0 saturated heterocycles. The van der Waals surface area contributed by atoms with Crippen LogP contribution in [-0.4, -0.2) is 12.9 Å². The topological polar surface area (TPSA) is 29.1 Å². The third kappa shape index (κ3) is 4.06. The molecule has 0 aromatic heterocycles. The van der Waals surface area contributed by atoms with Crippen LogP contribution < -0.4 is 0 Å². The van der Waals surface area contributed by atoms with Crippen LogP contribution in [0.3, 0.4) is 0 Å². The van der Waals surface area contributed by atoms with Crippen molar-refractivity contribution in [2.75, 3.05) is 12.9 Å². The monoisotopic (exact) mass is 243 g/mol. The lowest BCUT2D eigenvalue weighted by molar-refractivity contribution is 0.0821. The van der Waals surface area contributed by atoms with Gasteiger partial charge in [0.25, 0.3) is 0 Å². The fourth-order valence-corrected chi connectivity index (χ4v) is 1.91. The average molecular weight is 244 g/mol. The second-order valence-corrected chi connectivity index (χ2v) is 4.50. The van der Waals surface area contributed by atoms with E-state index in [9.17, 15) is 5.11 Å². The highest BCUT2D eigenvalue weighted by atomic mass is 35.5. The average Bonchev–Trinajstić information content (AvgIpc) is 2.26. The normalized spacial score (nSPS) is 12.2. The Hall–Kier alpha value is -0.800. The number of hydrogen-bond acceptors (Lipinski definition) is 2. The summed E-state index contributed by atoms with van der Waals surface area (Å²) in [5, 5.41) is 11.8. The quantitative estimate of drug-likeness (QED) is 0.596. The summed E-state index contributed by atoms with van der Waals surface area (Å²) in [6.07, 6.45) is 0. The van der Waals surface area contributed by atoms with Gasteiger partial charge in [0.05, 0.1) is 7.11 Å². The highest BCUT2D eigenvalue weighted by Crippen LogP contribution is 2.23. The molecule has 0 bridgehead atoms. The van der Waals surface area contributed by atoms with Crippen molar-refractivity contribution in [3.05, 3.63) is 40.8 Å². The largest absolute Gasteiger partial charge is 0.466 e. The van der Waals surface area contributed by atoms with E-state index < -0.39 is 0 Å². The fourth-order valence-electron chi connectivity index (χ4n) is 0.956. The molecule has 0 atom stereocenters. The molecule has 0 fully saturated rings. The molecule has 0 unspecified atom stereocenters. The minimum Gasteiger partial charge on any atom is -0.466 e. The lowest BCUT2D eigenvalue weighted by atomic mass is 10.4. The van der Waals surface area contributed by atoms with E-state index in [4.69, 9.17) is 11.6 Å². The van der Waals surface area contributed by atoms with Crippen molar-refractivity contribution < 1.29 is 9.84 Å². The van der Waals surface area contributed by atoms with Crippen LogP contribution in [0.2, 0.25) is 5.02 Å². The van der Waals surface area contributed by atoms with Crippen LogP contribution in [0.15, 0.2) is 40.7 Å². The summed E-state index contributed by atoms with van der Waals surface area (Å²) in [5.41, 5.74) is 0.706. The summed E-state index contributed by atoms with van der Waals surface area (Å²) < 4.78 is 4.61. The van der Waals surface area contributed by atoms with Gasteiger partial charge in [0.1, 0.15) is 0 Å². The van der Waals surface area contributed by atoms with Crippen LogP contribution in [0.25, 0.3) is 0 Å². The zero-order valence-corrected chi connectivity index (χ0v) is 10.2. The first-order valence-electron chi connectivity index (χ1n) is 4.42. The molecule has 0 aliphatic rings. The number of hydrogen-bond donors (Lipinski definition) is 0. The molecule has 81 valence electrons. The minimum atomic E-state index is -0.253. The Balaban J connectivity index is 2.54. The van der Waals surface area contributed by atoms with Gasteiger partial charge in [0.2, 0.25) is 0 Å². The third-order valence-corrected chi connectivity index (χ3v) is 3.24. The van der Waals surface area contributed by atoms with Gasteiger partial charge in [-0.25, -0.2) is 5.11 Å². The molecule has 0 saturated carbocycles. The number of methoxy groups -OCH3 is 1. The molecule has 1 radical (unpaired) electrons. The Morgan fingerprint density at radius 3 is 2.53 bits per heavy atom. The summed E-state index contributed by atoms with van der Waals surface area (Å²) in [4.78, 5) is 1.09. The van der Waals surface area contributed by atoms with Gasteiger partial charge in [-0.2, -0.15) is 0 Å². The first kappa shape index (κ1) is 12.3. The second kappa shape index (κ2) is 5.93. The first-order chi connectivity index (χ1) is 7.13. The van der Waals surface area contributed by atoms with Crippen LogP contribution in [0, 0.1) is 0 Å². The van der Waals surface area contributed by atoms with E-state index in [1.807, 2.05) is 24.3 Å². The van der Waals surface area contributed by atoms with Gasteiger partial charge in [-0.3, -0.25) is 0 Å². The molecule has 1 rings (SSSR count). The van der Waals surface area contributed by atoms with Crippen molar-refractivity contribution in [1.29, 1.82) is 0 Å². The Labute approximate surface area is 98.9 Å². The van der Waals surface area contributed by atoms with Crippen LogP contribution in [0.4, 0.5) is 0 Å². The van der Waals surface area contributed by atoms with E-state index in [0.29, 0.717) is 16.3 Å². The van der Waals surface area contributed by atoms with Crippen molar-refractivity contribution in [3.63, 3.8) is 0 Å². The molecular weight excluding hydrogens is 232 g/mol. The van der Waals surface area contributed by atoms with Gasteiger partial charge < -0.3 is 4.74 Å². The summed E-state index contributed by atoms with van der Waals surface area (Å²) >= 11 is 7.34. The van der Waals surface area contributed by atoms with E-state index in [2.05, 4.69) is 4.74 Å². The second-order valence-electron chi connectivity index (χ2n) is 3.01. The Kier molecular flexibility index (Phi) is 4.85. The van der Waals surface area contributed by atoms with Crippen LogP contribution in [-0.2, 0) is 9.84 Å². The summed E-state index contributed by atoms with van der Waals surface area (Å²) in [7, 11) is 1.39. The standard InChI is InChI=1S/C11H12ClO2S/c1-8(11(13)14-2)7-15-10-5-3-9(12)4-6-10/h3-6H,7H2,1-2H3. The maximum atomic E-state index is 11.1. The molecule has 0 aliphatic heterocycles. The van der Waals surface area contributed by atoms with E-state index in [-0.39, 0.29) is 5.95 Å². The lowest BCUT2D eigenvalue weighted by Crippen LogP contribution is -1.91. The highest BCUT2D eigenvalue weighted by Gasteiger charge is 2.03. The maximum absolute atomic E-state index is 11.1. The first-order valence-corrected chi connectivity index (χ1v) is 5.79. The molecule has 0 amide bonds. The van der Waals surface area contributed by atoms with Crippen molar-refractivity contribution >= 4 is 23.4 Å². The van der Waals surface area contributed by atoms with Crippen LogP contribution >= 0.6 is 23.4 Å². The molecule has 0 N–H and O–H groups in total. The molecule has 4 heteroatoms. The van der Waals surface area contributed by atoms with E-state index in [0.717, 1.165) is 4.90 Å². The van der Waals surface area contributed by atoms with Crippen molar-refractivity contribution in [1.82, 2.24) is 0 Å². The van der Waals surface area contributed by atoms with E-state index >= 15 is 0 Å². The van der Waals surface area contributed by atoms with Gasteiger partial charge >= 0.3 is 5.95 Å². The number of rotatable bonds is 4. The van der Waals surface area contributed by atoms with Crippen molar-refractivity contribution in [2.45, 2.75) is 11.8 Å². The van der Waals surface area contributed by atoms with Crippen molar-refractivity contribution in [2.24, 2.45) is 0 Å². The summed E-state index contributed by atoms with van der Waals surface area (Å²) in [6, 6.07) is 7.52. The van der Waals surface area contributed by atoms with Gasteiger partial charge in [0, 0.05) is 21.2 Å². The molecule has 15 heavy (non-hydrogen) atoms. The van der Waals surface area contributed by atoms with Gasteiger partial charge in [-0.15, -0.1) is 11.8 Å². The van der Waals surface area contributed by atoms with Crippen LogP contribution in [0.1, 0.15) is 6.92 Å². The van der Waals surface area contributed by atoms with Gasteiger partial charge in [-0.1, -0.05) is 11.6 Å². The SMILES string of the molecule is COC([O])=C(C)CSc1ccc(Cl)cc1. The molecular formula is C11H12ClO2S. The van der Waals surface area contributed by atoms with E-state index in [1.54, 1.807) is 18.7 Å². The Morgan fingerprint density at radius 2 is 2.00 bits per heavy atom. The number of benzene rings is 1. The summed E-state index contributed by atoms with van der Waals surface area (Å²) in [5.74, 6) is 0.380. The zero-order chi connectivity index (χ0) is 11.3. The van der Waals surface area contributed by atoms with E-state index in [1.165, 1.54) is 7.11 Å². The smallest absolute Gasteiger partial charge is 0.330 e. The lowest BCUT2D eigenvalue weighted by Gasteiger charge is -2.03. The molecule has 2 nitrogen and oxygen atoms in total. The highest BCUT2D eigenvalue weighted by molar-refractivity contribution is 7.99. The summed E-state index contributed by atoms with van der Waals surface area (Å²) in [6.45, 7) is 1.77. The number of halogens is 1. The number of thioether (sulfide) groups is 1. The predicted octanol–water partition coefficient (Wildman–Crippen LogP) is 3.74. The molecule has 0 heterocycles. The number of ether oxygens (including phenoxy) is 1. The molecule has 1 aromatic rings. The third-order valence-electron chi connectivity index (χ3n) is 1.80. The van der Waals surface area contributed by atoms with Crippen LogP contribution in [0.5, 0.6) is 0 Å². The van der Waals surface area contributed by atoms with Crippen molar-refractivity contribution in [3.8, 4) is 0 Å².